The number of hydrogen-bond acceptors (Lipinski definition) is 3. The number of nitrogens with zero attached hydrogens (tertiary/aromatic N) is 2. The van der Waals surface area contributed by atoms with Gasteiger partial charge < -0.3 is 10.1 Å². The quantitative estimate of drug-likeness (QED) is 0.466. The highest BCUT2D eigenvalue weighted by Gasteiger charge is 2.44. The number of halogens is 6. The smallest absolute Gasteiger partial charge is 0.358 e. The first-order valence-electron chi connectivity index (χ1n) is 3.84. The molecule has 0 aliphatic carbocycles. The summed E-state index contributed by atoms with van der Waals surface area (Å²) in [4.78, 5) is 11.3. The maximum absolute atomic E-state index is 12.8. The van der Waals surface area contributed by atoms with E-state index in [-0.39, 0.29) is 6.20 Å². The van der Waals surface area contributed by atoms with Gasteiger partial charge in [0.15, 0.2) is 12.0 Å². The van der Waals surface area contributed by atoms with Crippen molar-refractivity contribution in [3.05, 3.63) is 33.3 Å². The zero-order valence-corrected chi connectivity index (χ0v) is 7.63. The second kappa shape index (κ2) is 4.18. The summed E-state index contributed by atoms with van der Waals surface area (Å²) in [5.74, 6) is -3.80. The first-order valence-corrected chi connectivity index (χ1v) is 3.84. The standard InChI is InChI=1S/C7H2F6N2O2/c8-2-1-14-6(15(16)17)3(5(9)10)4(2)7(11,12)13/h1,5H. The Kier molecular flexibility index (Phi) is 3.25. The summed E-state index contributed by atoms with van der Waals surface area (Å²) in [6.45, 7) is 0. The van der Waals surface area contributed by atoms with Crippen molar-refractivity contribution in [3.8, 4) is 0 Å². The van der Waals surface area contributed by atoms with Crippen LogP contribution >= 0.6 is 0 Å². The Balaban J connectivity index is 3.67. The monoisotopic (exact) mass is 260 g/mol. The van der Waals surface area contributed by atoms with Crippen LogP contribution in [-0.2, 0) is 6.18 Å². The van der Waals surface area contributed by atoms with E-state index in [1.807, 2.05) is 0 Å². The lowest BCUT2D eigenvalue weighted by molar-refractivity contribution is -0.391. The maximum Gasteiger partial charge on any atom is 0.420 e. The van der Waals surface area contributed by atoms with Crippen LogP contribution in [0.1, 0.15) is 17.6 Å². The molecule has 0 aliphatic heterocycles. The molecule has 94 valence electrons. The summed E-state index contributed by atoms with van der Waals surface area (Å²) in [6, 6.07) is 0. The van der Waals surface area contributed by atoms with E-state index in [0.717, 1.165) is 0 Å². The fourth-order valence-electron chi connectivity index (χ4n) is 1.13. The van der Waals surface area contributed by atoms with Gasteiger partial charge in [-0.15, -0.1) is 0 Å². The fraction of sp³-hybridized carbons (Fsp3) is 0.286. The van der Waals surface area contributed by atoms with Crippen molar-refractivity contribution < 1.29 is 31.3 Å². The number of nitro groups is 1. The molecular weight excluding hydrogens is 258 g/mol. The van der Waals surface area contributed by atoms with Crippen molar-refractivity contribution in [2.75, 3.05) is 0 Å². The van der Waals surface area contributed by atoms with Gasteiger partial charge in [-0.3, -0.25) is 0 Å². The average molecular weight is 260 g/mol. The third kappa shape index (κ3) is 2.45. The summed E-state index contributed by atoms with van der Waals surface area (Å²) in [6.07, 6.45) is -9.45. The zero-order valence-electron chi connectivity index (χ0n) is 7.63. The Labute approximate surface area is 89.0 Å². The minimum Gasteiger partial charge on any atom is -0.358 e. The second-order valence-corrected chi connectivity index (χ2v) is 2.77. The van der Waals surface area contributed by atoms with Crippen LogP contribution in [0.5, 0.6) is 0 Å². The van der Waals surface area contributed by atoms with E-state index >= 15 is 0 Å². The van der Waals surface area contributed by atoms with Crippen molar-refractivity contribution in [2.45, 2.75) is 12.6 Å². The zero-order chi connectivity index (χ0) is 13.4. The molecule has 0 saturated heterocycles. The SMILES string of the molecule is O=[N+]([O-])c1ncc(F)c(C(F)(F)F)c1C(F)F. The molecule has 4 nitrogen and oxygen atoms in total. The van der Waals surface area contributed by atoms with Gasteiger partial charge in [0.05, 0.1) is 0 Å². The van der Waals surface area contributed by atoms with Crippen LogP contribution < -0.4 is 0 Å². The molecule has 0 unspecified atom stereocenters. The molecule has 0 saturated carbocycles. The minimum absolute atomic E-state index is 0.118. The molecule has 0 fully saturated rings. The molecule has 0 bridgehead atoms. The Bertz CT molecular complexity index is 458. The van der Waals surface area contributed by atoms with Crippen LogP contribution in [0.15, 0.2) is 6.20 Å². The summed E-state index contributed by atoms with van der Waals surface area (Å²) in [5, 5.41) is 10.2. The van der Waals surface area contributed by atoms with Crippen LogP contribution in [-0.4, -0.2) is 9.91 Å². The van der Waals surface area contributed by atoms with E-state index in [1.165, 1.54) is 0 Å². The first kappa shape index (κ1) is 13.2. The van der Waals surface area contributed by atoms with Crippen molar-refractivity contribution in [1.29, 1.82) is 0 Å². The van der Waals surface area contributed by atoms with Gasteiger partial charge in [0.2, 0.25) is 0 Å². The molecule has 0 amide bonds. The lowest BCUT2D eigenvalue weighted by atomic mass is 10.1. The minimum atomic E-state index is -5.47. The predicted octanol–water partition coefficient (Wildman–Crippen LogP) is 3.09. The van der Waals surface area contributed by atoms with Gasteiger partial charge in [-0.1, -0.05) is 0 Å². The predicted molar refractivity (Wildman–Crippen MR) is 40.8 cm³/mol. The lowest BCUT2D eigenvalue weighted by Gasteiger charge is -2.11. The maximum atomic E-state index is 12.8. The topological polar surface area (TPSA) is 56.0 Å². The van der Waals surface area contributed by atoms with Crippen LogP contribution in [0.2, 0.25) is 0 Å². The highest BCUT2D eigenvalue weighted by molar-refractivity contribution is 5.42. The van der Waals surface area contributed by atoms with Crippen LogP contribution in [0.3, 0.4) is 0 Å². The first-order chi connectivity index (χ1) is 7.66. The number of hydrogen-bond donors (Lipinski definition) is 0. The molecule has 0 spiro atoms. The van der Waals surface area contributed by atoms with E-state index in [2.05, 4.69) is 4.98 Å². The molecule has 1 rings (SSSR count). The highest BCUT2D eigenvalue weighted by Crippen LogP contribution is 2.41. The molecule has 10 heteroatoms. The van der Waals surface area contributed by atoms with E-state index in [0.29, 0.717) is 0 Å². The van der Waals surface area contributed by atoms with Gasteiger partial charge in [-0.05, 0) is 9.91 Å². The number of pyridine rings is 1. The van der Waals surface area contributed by atoms with E-state index in [1.54, 1.807) is 0 Å². The summed E-state index contributed by atoms with van der Waals surface area (Å²) < 4.78 is 74.4. The van der Waals surface area contributed by atoms with Crippen LogP contribution in [0, 0.1) is 15.9 Å². The van der Waals surface area contributed by atoms with E-state index in [9.17, 15) is 36.5 Å². The second-order valence-electron chi connectivity index (χ2n) is 2.77. The number of alkyl halides is 5. The molecule has 0 aliphatic rings. The molecule has 1 aromatic rings. The fourth-order valence-corrected chi connectivity index (χ4v) is 1.13. The van der Waals surface area contributed by atoms with Gasteiger partial charge in [-0.25, -0.2) is 13.2 Å². The van der Waals surface area contributed by atoms with Gasteiger partial charge in [0.1, 0.15) is 11.1 Å². The Morgan fingerprint density at radius 3 is 2.24 bits per heavy atom. The van der Waals surface area contributed by atoms with Crippen molar-refractivity contribution >= 4 is 5.82 Å². The number of aromatic nitrogens is 1. The molecule has 1 aromatic heterocycles. The summed E-state index contributed by atoms with van der Waals surface area (Å²) >= 11 is 0. The molecule has 17 heavy (non-hydrogen) atoms. The third-order valence-electron chi connectivity index (χ3n) is 1.72. The van der Waals surface area contributed by atoms with E-state index < -0.39 is 40.3 Å². The van der Waals surface area contributed by atoms with Crippen molar-refractivity contribution in [3.63, 3.8) is 0 Å². The Hall–Kier alpha value is -1.87. The number of rotatable bonds is 2. The van der Waals surface area contributed by atoms with Crippen molar-refractivity contribution in [2.24, 2.45) is 0 Å². The average Bonchev–Trinajstić information content (AvgIpc) is 2.14. The van der Waals surface area contributed by atoms with Crippen molar-refractivity contribution in [1.82, 2.24) is 4.98 Å². The highest BCUT2D eigenvalue weighted by atomic mass is 19.4. The molecule has 0 aromatic carbocycles. The molecular formula is C7H2F6N2O2. The van der Waals surface area contributed by atoms with Gasteiger partial charge in [0, 0.05) is 0 Å². The molecule has 0 radical (unpaired) electrons. The van der Waals surface area contributed by atoms with Gasteiger partial charge in [-0.2, -0.15) is 13.2 Å². The van der Waals surface area contributed by atoms with Crippen LogP contribution in [0.4, 0.5) is 32.2 Å². The van der Waals surface area contributed by atoms with E-state index in [4.69, 9.17) is 0 Å². The normalized spacial score (nSPS) is 11.9. The Morgan fingerprint density at radius 1 is 1.35 bits per heavy atom. The van der Waals surface area contributed by atoms with Gasteiger partial charge in [0.25, 0.3) is 6.43 Å². The summed E-state index contributed by atoms with van der Waals surface area (Å²) in [5.41, 5.74) is -4.43. The molecule has 0 N–H and O–H groups in total. The molecule has 0 atom stereocenters. The Morgan fingerprint density at radius 2 is 1.88 bits per heavy atom. The van der Waals surface area contributed by atoms with Crippen LogP contribution in [0.25, 0.3) is 0 Å². The molecule has 1 heterocycles. The summed E-state index contributed by atoms with van der Waals surface area (Å²) in [7, 11) is 0. The largest absolute Gasteiger partial charge is 0.420 e. The lowest BCUT2D eigenvalue weighted by Crippen LogP contribution is -2.15. The van der Waals surface area contributed by atoms with Gasteiger partial charge >= 0.3 is 12.0 Å². The third-order valence-corrected chi connectivity index (χ3v) is 1.72.